The van der Waals surface area contributed by atoms with Crippen molar-refractivity contribution < 1.29 is 13.9 Å². The fraction of sp³-hybridized carbons (Fsp3) is 0.455. The van der Waals surface area contributed by atoms with Crippen molar-refractivity contribution in [3.05, 3.63) is 35.6 Å². The van der Waals surface area contributed by atoms with E-state index in [0.29, 0.717) is 18.8 Å². The van der Waals surface area contributed by atoms with E-state index in [0.717, 1.165) is 5.56 Å². The molecule has 0 aliphatic carbocycles. The van der Waals surface area contributed by atoms with E-state index in [1.807, 2.05) is 7.85 Å². The summed E-state index contributed by atoms with van der Waals surface area (Å²) in [6, 6.07) is 6.20. The molecule has 1 saturated heterocycles. The van der Waals surface area contributed by atoms with Crippen molar-refractivity contribution in [3.8, 4) is 0 Å². The smallest absolute Gasteiger partial charge is 0.188 e. The second kappa shape index (κ2) is 4.74. The highest BCUT2D eigenvalue weighted by Gasteiger charge is 2.41. The Balaban J connectivity index is 2.25. The predicted molar refractivity (Wildman–Crippen MR) is 63.0 cm³/mol. The van der Waals surface area contributed by atoms with Crippen molar-refractivity contribution in [3.63, 3.8) is 0 Å². The normalized spacial score (nSPS) is 29.5. The molecule has 0 unspecified atom stereocenters. The number of alkyl halides is 1. The molecule has 1 aliphatic heterocycles. The topological polar surface area (TPSA) is 18.5 Å². The average molecular weight is 242 g/mol. The largest absolute Gasteiger partial charge is 0.344 e. The van der Waals surface area contributed by atoms with Crippen molar-refractivity contribution in [2.45, 2.75) is 18.2 Å². The lowest BCUT2D eigenvalue weighted by molar-refractivity contribution is -0.158. The van der Waals surface area contributed by atoms with Crippen molar-refractivity contribution >= 4 is 19.4 Å². The standard InChI is InChI=1S/C11H13BClFO2/c12-7-11(15-6-10(5-13)16-11)8-1-3-9(14)4-2-8/h1-4,10H,5-7,12H2/t10-,11+/m1/s1. The molecule has 1 aromatic carbocycles. The van der Waals surface area contributed by atoms with Crippen LogP contribution >= 0.6 is 11.6 Å². The van der Waals surface area contributed by atoms with Gasteiger partial charge in [-0.1, -0.05) is 12.1 Å². The lowest BCUT2D eigenvalue weighted by Gasteiger charge is -2.27. The molecule has 0 radical (unpaired) electrons. The lowest BCUT2D eigenvalue weighted by atomic mass is 9.90. The van der Waals surface area contributed by atoms with Gasteiger partial charge in [-0.3, -0.25) is 0 Å². The Morgan fingerprint density at radius 3 is 2.62 bits per heavy atom. The lowest BCUT2D eigenvalue weighted by Crippen LogP contribution is -2.28. The molecule has 2 nitrogen and oxygen atoms in total. The maximum absolute atomic E-state index is 12.8. The number of halogens is 2. The zero-order chi connectivity index (χ0) is 11.6. The number of benzene rings is 1. The van der Waals surface area contributed by atoms with E-state index in [1.165, 1.54) is 12.1 Å². The molecule has 1 heterocycles. The molecule has 16 heavy (non-hydrogen) atoms. The summed E-state index contributed by atoms with van der Waals surface area (Å²) in [7, 11) is 1.97. The number of hydrogen-bond donors (Lipinski definition) is 0. The first-order chi connectivity index (χ1) is 7.70. The van der Waals surface area contributed by atoms with Crippen molar-refractivity contribution in [2.75, 3.05) is 12.5 Å². The molecule has 2 atom stereocenters. The summed E-state index contributed by atoms with van der Waals surface area (Å²) in [4.78, 5) is 0. The van der Waals surface area contributed by atoms with Crippen LogP contribution in [-0.4, -0.2) is 26.4 Å². The van der Waals surface area contributed by atoms with Crippen molar-refractivity contribution in [2.24, 2.45) is 0 Å². The van der Waals surface area contributed by atoms with Crippen LogP contribution < -0.4 is 0 Å². The molecule has 0 amide bonds. The first-order valence-corrected chi connectivity index (χ1v) is 5.87. The van der Waals surface area contributed by atoms with Crippen LogP contribution in [0.1, 0.15) is 5.56 Å². The molecule has 0 N–H and O–H groups in total. The fourth-order valence-electron chi connectivity index (χ4n) is 1.89. The van der Waals surface area contributed by atoms with E-state index in [-0.39, 0.29) is 11.9 Å². The summed E-state index contributed by atoms with van der Waals surface area (Å²) >= 11 is 5.74. The molecule has 1 aliphatic rings. The maximum atomic E-state index is 12.8. The van der Waals surface area contributed by atoms with E-state index in [1.54, 1.807) is 12.1 Å². The van der Waals surface area contributed by atoms with E-state index in [4.69, 9.17) is 21.1 Å². The number of ether oxygens (including phenoxy) is 2. The average Bonchev–Trinajstić information content (AvgIpc) is 2.75. The highest BCUT2D eigenvalue weighted by molar-refractivity contribution is 6.18. The zero-order valence-electron chi connectivity index (χ0n) is 9.08. The van der Waals surface area contributed by atoms with Gasteiger partial charge in [0.25, 0.3) is 0 Å². The van der Waals surface area contributed by atoms with E-state index in [9.17, 15) is 4.39 Å². The minimum atomic E-state index is -0.757. The van der Waals surface area contributed by atoms with Crippen molar-refractivity contribution in [1.29, 1.82) is 0 Å². The quantitative estimate of drug-likeness (QED) is 0.593. The summed E-state index contributed by atoms with van der Waals surface area (Å²) in [6.45, 7) is 0.481. The summed E-state index contributed by atoms with van der Waals surface area (Å²) in [5, 5.41) is 0. The van der Waals surface area contributed by atoms with Crippen LogP contribution in [0.5, 0.6) is 0 Å². The highest BCUT2D eigenvalue weighted by atomic mass is 35.5. The molecular weight excluding hydrogens is 229 g/mol. The molecule has 1 fully saturated rings. The second-order valence-electron chi connectivity index (χ2n) is 3.82. The monoisotopic (exact) mass is 242 g/mol. The molecule has 0 aromatic heterocycles. The molecule has 0 bridgehead atoms. The molecule has 1 aromatic rings. The van der Waals surface area contributed by atoms with Gasteiger partial charge < -0.3 is 9.47 Å². The Kier molecular flexibility index (Phi) is 3.52. The van der Waals surface area contributed by atoms with Crippen LogP contribution in [0.2, 0.25) is 6.32 Å². The predicted octanol–water partition coefficient (Wildman–Crippen LogP) is 1.68. The third-order valence-electron chi connectivity index (χ3n) is 2.78. The third-order valence-corrected chi connectivity index (χ3v) is 3.13. The Morgan fingerprint density at radius 2 is 2.12 bits per heavy atom. The van der Waals surface area contributed by atoms with Crippen LogP contribution in [0.3, 0.4) is 0 Å². The van der Waals surface area contributed by atoms with Crippen LogP contribution in [0.25, 0.3) is 0 Å². The van der Waals surface area contributed by atoms with Gasteiger partial charge in [0.1, 0.15) is 13.7 Å². The van der Waals surface area contributed by atoms with Crippen LogP contribution in [0.15, 0.2) is 24.3 Å². The summed E-state index contributed by atoms with van der Waals surface area (Å²) in [6.07, 6.45) is 0.582. The maximum Gasteiger partial charge on any atom is 0.188 e. The third kappa shape index (κ3) is 2.10. The van der Waals surface area contributed by atoms with Gasteiger partial charge in [0, 0.05) is 5.56 Å². The van der Waals surface area contributed by atoms with Crippen LogP contribution in [0, 0.1) is 5.82 Å². The number of hydrogen-bond acceptors (Lipinski definition) is 2. The first kappa shape index (κ1) is 11.9. The van der Waals surface area contributed by atoms with E-state index in [2.05, 4.69) is 0 Å². The Morgan fingerprint density at radius 1 is 1.44 bits per heavy atom. The summed E-state index contributed by atoms with van der Waals surface area (Å²) in [5.74, 6) is -0.613. The summed E-state index contributed by atoms with van der Waals surface area (Å²) < 4.78 is 24.3. The molecule has 5 heteroatoms. The van der Waals surface area contributed by atoms with Gasteiger partial charge in [0.2, 0.25) is 0 Å². The van der Waals surface area contributed by atoms with Gasteiger partial charge in [-0.05, 0) is 18.5 Å². The SMILES string of the molecule is BC[C@]1(c2ccc(F)cc2)OC[C@@H](CCl)O1. The van der Waals surface area contributed by atoms with Gasteiger partial charge in [-0.2, -0.15) is 0 Å². The van der Waals surface area contributed by atoms with Gasteiger partial charge >= 0.3 is 0 Å². The molecule has 2 rings (SSSR count). The van der Waals surface area contributed by atoms with E-state index >= 15 is 0 Å². The van der Waals surface area contributed by atoms with E-state index < -0.39 is 5.79 Å². The summed E-state index contributed by atoms with van der Waals surface area (Å²) in [5.41, 5.74) is 0.837. The van der Waals surface area contributed by atoms with Gasteiger partial charge in [0.15, 0.2) is 5.79 Å². The minimum absolute atomic E-state index is 0.0910. The molecule has 0 spiro atoms. The number of rotatable bonds is 3. The molecule has 86 valence electrons. The zero-order valence-corrected chi connectivity index (χ0v) is 9.84. The van der Waals surface area contributed by atoms with Crippen LogP contribution in [-0.2, 0) is 15.3 Å². The Hall–Kier alpha value is -0.575. The van der Waals surface area contributed by atoms with Crippen molar-refractivity contribution in [1.82, 2.24) is 0 Å². The second-order valence-corrected chi connectivity index (χ2v) is 4.13. The van der Waals surface area contributed by atoms with Gasteiger partial charge in [-0.25, -0.2) is 4.39 Å². The Bertz CT molecular complexity index is 360. The molecular formula is C11H13BClFO2. The minimum Gasteiger partial charge on any atom is -0.344 e. The van der Waals surface area contributed by atoms with Crippen LogP contribution in [0.4, 0.5) is 4.39 Å². The van der Waals surface area contributed by atoms with Gasteiger partial charge in [0.05, 0.1) is 18.6 Å². The fourth-order valence-corrected chi connectivity index (χ4v) is 2.04. The van der Waals surface area contributed by atoms with Gasteiger partial charge in [-0.15, -0.1) is 11.6 Å². The Labute approximate surface area is 100 Å². The highest BCUT2D eigenvalue weighted by Crippen LogP contribution is 2.37. The molecule has 0 saturated carbocycles. The first-order valence-electron chi connectivity index (χ1n) is 5.34.